The molecule has 0 unspecified atom stereocenters. The fraction of sp³-hybridized carbons (Fsp3) is 0.381. The van der Waals surface area contributed by atoms with E-state index in [0.717, 1.165) is 16.8 Å². The van der Waals surface area contributed by atoms with Crippen molar-refractivity contribution in [2.45, 2.75) is 34.6 Å². The zero-order chi connectivity index (χ0) is 18.2. The number of rotatable bonds is 2. The molecule has 0 spiro atoms. The summed E-state index contributed by atoms with van der Waals surface area (Å²) in [5.74, 6) is 1.16. The van der Waals surface area contributed by atoms with Gasteiger partial charge in [-0.25, -0.2) is 0 Å². The van der Waals surface area contributed by atoms with Crippen LogP contribution in [0.15, 0.2) is 30.3 Å². The van der Waals surface area contributed by atoms with E-state index >= 15 is 0 Å². The van der Waals surface area contributed by atoms with Crippen LogP contribution in [-0.4, -0.2) is 19.1 Å². The van der Waals surface area contributed by atoms with E-state index in [0.29, 0.717) is 30.3 Å². The summed E-state index contributed by atoms with van der Waals surface area (Å²) in [4.78, 5) is 12.7. The maximum Gasteiger partial charge on any atom is 0.255 e. The second-order valence-electron chi connectivity index (χ2n) is 7.63. The highest BCUT2D eigenvalue weighted by atomic mass is 16.5. The summed E-state index contributed by atoms with van der Waals surface area (Å²) in [5.41, 5.74) is 4.66. The Bertz CT molecular complexity index is 801. The summed E-state index contributed by atoms with van der Waals surface area (Å²) in [5, 5.41) is 3.03. The van der Waals surface area contributed by atoms with Gasteiger partial charge in [0.2, 0.25) is 0 Å². The Kier molecular flexibility index (Phi) is 4.46. The molecule has 3 rings (SSSR count). The average molecular weight is 339 g/mol. The first-order valence-electron chi connectivity index (χ1n) is 8.54. The number of hydrogen-bond acceptors (Lipinski definition) is 3. The number of aryl methyl sites for hydroxylation is 3. The van der Waals surface area contributed by atoms with Crippen molar-refractivity contribution in [3.63, 3.8) is 0 Å². The SMILES string of the molecule is Cc1cc(C)c(NC(=O)c2ccc3c(c2)OCC(C)(C)CO3)c(C)c1. The first-order chi connectivity index (χ1) is 11.7. The quantitative estimate of drug-likeness (QED) is 0.865. The lowest BCUT2D eigenvalue weighted by molar-refractivity contribution is 0.102. The molecular formula is C21H25NO3. The van der Waals surface area contributed by atoms with Gasteiger partial charge in [-0.3, -0.25) is 4.79 Å². The van der Waals surface area contributed by atoms with Gasteiger partial charge in [-0.15, -0.1) is 0 Å². The minimum atomic E-state index is -0.148. The summed E-state index contributed by atoms with van der Waals surface area (Å²) in [6.45, 7) is 11.4. The second kappa shape index (κ2) is 6.43. The van der Waals surface area contributed by atoms with Gasteiger partial charge in [0.15, 0.2) is 11.5 Å². The molecule has 2 aromatic carbocycles. The predicted molar refractivity (Wildman–Crippen MR) is 99.8 cm³/mol. The molecule has 1 heterocycles. The lowest BCUT2D eigenvalue weighted by Gasteiger charge is -2.19. The van der Waals surface area contributed by atoms with Crippen LogP contribution in [0.3, 0.4) is 0 Å². The van der Waals surface area contributed by atoms with E-state index in [1.807, 2.05) is 13.8 Å². The molecule has 4 nitrogen and oxygen atoms in total. The highest BCUT2D eigenvalue weighted by molar-refractivity contribution is 6.05. The summed E-state index contributed by atoms with van der Waals surface area (Å²) >= 11 is 0. The number of ether oxygens (including phenoxy) is 2. The Labute approximate surface area is 149 Å². The molecule has 2 aromatic rings. The van der Waals surface area contributed by atoms with E-state index in [2.05, 4.69) is 38.2 Å². The highest BCUT2D eigenvalue weighted by Gasteiger charge is 2.25. The molecule has 1 aliphatic heterocycles. The van der Waals surface area contributed by atoms with Crippen molar-refractivity contribution < 1.29 is 14.3 Å². The molecule has 0 saturated carbocycles. The van der Waals surface area contributed by atoms with Gasteiger partial charge in [0, 0.05) is 16.7 Å². The number of anilines is 1. The van der Waals surface area contributed by atoms with Crippen molar-refractivity contribution in [2.24, 2.45) is 5.41 Å². The molecule has 0 fully saturated rings. The van der Waals surface area contributed by atoms with Gasteiger partial charge in [-0.2, -0.15) is 0 Å². The van der Waals surface area contributed by atoms with Gasteiger partial charge in [0.25, 0.3) is 5.91 Å². The highest BCUT2D eigenvalue weighted by Crippen LogP contribution is 2.34. The van der Waals surface area contributed by atoms with Crippen LogP contribution < -0.4 is 14.8 Å². The number of carbonyl (C=O) groups is 1. The third-order valence-corrected chi connectivity index (χ3v) is 4.36. The van der Waals surface area contributed by atoms with E-state index in [1.54, 1.807) is 18.2 Å². The van der Waals surface area contributed by atoms with Gasteiger partial charge in [-0.05, 0) is 50.1 Å². The van der Waals surface area contributed by atoms with Crippen LogP contribution in [0.2, 0.25) is 0 Å². The van der Waals surface area contributed by atoms with E-state index in [-0.39, 0.29) is 11.3 Å². The minimum absolute atomic E-state index is 0.0580. The van der Waals surface area contributed by atoms with E-state index in [4.69, 9.17) is 9.47 Å². The van der Waals surface area contributed by atoms with Gasteiger partial charge < -0.3 is 14.8 Å². The summed E-state index contributed by atoms with van der Waals surface area (Å²) in [6, 6.07) is 9.47. The fourth-order valence-electron chi connectivity index (χ4n) is 3.03. The lowest BCUT2D eigenvalue weighted by Crippen LogP contribution is -2.26. The molecule has 0 aliphatic carbocycles. The standard InChI is InChI=1S/C21H25NO3/c1-13-8-14(2)19(15(3)9-13)22-20(23)16-6-7-17-18(10-16)25-12-21(4,5)11-24-17/h6-10H,11-12H2,1-5H3,(H,22,23). The van der Waals surface area contributed by atoms with Crippen LogP contribution in [0.4, 0.5) is 5.69 Å². The topological polar surface area (TPSA) is 47.6 Å². The molecule has 4 heteroatoms. The van der Waals surface area contributed by atoms with Crippen molar-refractivity contribution in [3.8, 4) is 11.5 Å². The minimum Gasteiger partial charge on any atom is -0.489 e. The Morgan fingerprint density at radius 2 is 1.56 bits per heavy atom. The number of fused-ring (bicyclic) bond motifs is 1. The Balaban J connectivity index is 1.84. The number of nitrogens with one attached hydrogen (secondary N) is 1. The Morgan fingerprint density at radius 1 is 0.960 bits per heavy atom. The van der Waals surface area contributed by atoms with E-state index in [1.165, 1.54) is 5.56 Å². The monoisotopic (exact) mass is 339 g/mol. The smallest absolute Gasteiger partial charge is 0.255 e. The number of hydrogen-bond donors (Lipinski definition) is 1. The van der Waals surface area contributed by atoms with Gasteiger partial charge >= 0.3 is 0 Å². The van der Waals surface area contributed by atoms with Crippen LogP contribution in [-0.2, 0) is 0 Å². The third kappa shape index (κ3) is 3.78. The molecule has 0 atom stereocenters. The van der Waals surface area contributed by atoms with Crippen LogP contribution >= 0.6 is 0 Å². The van der Waals surface area contributed by atoms with E-state index in [9.17, 15) is 4.79 Å². The van der Waals surface area contributed by atoms with Gasteiger partial charge in [-0.1, -0.05) is 31.5 Å². The van der Waals surface area contributed by atoms with Crippen molar-refractivity contribution in [2.75, 3.05) is 18.5 Å². The van der Waals surface area contributed by atoms with Crippen molar-refractivity contribution in [1.29, 1.82) is 0 Å². The molecule has 1 amide bonds. The molecule has 0 saturated heterocycles. The lowest BCUT2D eigenvalue weighted by atomic mass is 9.97. The molecule has 1 N–H and O–H groups in total. The first-order valence-corrected chi connectivity index (χ1v) is 8.54. The Morgan fingerprint density at radius 3 is 2.20 bits per heavy atom. The average Bonchev–Trinajstić information content (AvgIpc) is 2.69. The maximum atomic E-state index is 12.7. The van der Waals surface area contributed by atoms with E-state index < -0.39 is 0 Å². The summed E-state index contributed by atoms with van der Waals surface area (Å²) in [6.07, 6.45) is 0. The molecular weight excluding hydrogens is 314 g/mol. The molecule has 132 valence electrons. The predicted octanol–water partition coefficient (Wildman–Crippen LogP) is 4.66. The van der Waals surface area contributed by atoms with Crippen molar-refractivity contribution in [1.82, 2.24) is 0 Å². The first kappa shape index (κ1) is 17.3. The van der Waals surface area contributed by atoms with Crippen LogP contribution in [0.25, 0.3) is 0 Å². The number of amides is 1. The normalized spacial score (nSPS) is 15.4. The van der Waals surface area contributed by atoms with Crippen LogP contribution in [0, 0.1) is 26.2 Å². The Hall–Kier alpha value is -2.49. The van der Waals surface area contributed by atoms with Crippen molar-refractivity contribution in [3.05, 3.63) is 52.6 Å². The molecule has 0 aromatic heterocycles. The number of benzene rings is 2. The van der Waals surface area contributed by atoms with Crippen LogP contribution in [0.1, 0.15) is 40.9 Å². The van der Waals surface area contributed by atoms with Crippen LogP contribution in [0.5, 0.6) is 11.5 Å². The maximum absolute atomic E-state index is 12.7. The molecule has 0 bridgehead atoms. The molecule has 0 radical (unpaired) electrons. The van der Waals surface area contributed by atoms with Gasteiger partial charge in [0.1, 0.15) is 0 Å². The zero-order valence-corrected chi connectivity index (χ0v) is 15.5. The van der Waals surface area contributed by atoms with Gasteiger partial charge in [0.05, 0.1) is 13.2 Å². The number of carbonyl (C=O) groups excluding carboxylic acids is 1. The molecule has 25 heavy (non-hydrogen) atoms. The largest absolute Gasteiger partial charge is 0.489 e. The summed E-state index contributed by atoms with van der Waals surface area (Å²) in [7, 11) is 0. The third-order valence-electron chi connectivity index (χ3n) is 4.36. The molecule has 1 aliphatic rings. The zero-order valence-electron chi connectivity index (χ0n) is 15.5. The fourth-order valence-corrected chi connectivity index (χ4v) is 3.03. The van der Waals surface area contributed by atoms with Crippen molar-refractivity contribution >= 4 is 11.6 Å². The second-order valence-corrected chi connectivity index (χ2v) is 7.63. The summed E-state index contributed by atoms with van der Waals surface area (Å²) < 4.78 is 11.7.